The zero-order valence-corrected chi connectivity index (χ0v) is 21.6. The summed E-state index contributed by atoms with van der Waals surface area (Å²) in [6.07, 6.45) is 2.34. The molecule has 1 aliphatic rings. The Balaban J connectivity index is 1.47. The summed E-state index contributed by atoms with van der Waals surface area (Å²) < 4.78 is 5.33. The maximum Gasteiger partial charge on any atom is 0.341 e. The Labute approximate surface area is 223 Å². The first-order valence-electron chi connectivity index (χ1n) is 12.0. The molecule has 0 saturated carbocycles. The third-order valence-electron chi connectivity index (χ3n) is 6.47. The Bertz CT molecular complexity index is 1530. The van der Waals surface area contributed by atoms with Gasteiger partial charge < -0.3 is 10.1 Å². The van der Waals surface area contributed by atoms with Crippen molar-refractivity contribution < 1.29 is 14.3 Å². The number of hydrogen-bond acceptors (Lipinski definition) is 7. The highest BCUT2D eigenvalue weighted by molar-refractivity contribution is 7.17. The van der Waals surface area contributed by atoms with Crippen LogP contribution in [0, 0.1) is 11.3 Å². The van der Waals surface area contributed by atoms with E-state index in [1.807, 2.05) is 24.3 Å². The lowest BCUT2D eigenvalue weighted by molar-refractivity contribution is -0.116. The van der Waals surface area contributed by atoms with Crippen molar-refractivity contribution >= 4 is 50.8 Å². The minimum atomic E-state index is -1.31. The first-order chi connectivity index (χ1) is 18.0. The number of anilines is 1. The Morgan fingerprint density at radius 1 is 1.16 bits per heavy atom. The number of aromatic nitrogens is 2. The Morgan fingerprint density at radius 2 is 1.86 bits per heavy atom. The molecule has 4 aromatic rings. The van der Waals surface area contributed by atoms with Crippen LogP contribution in [0.1, 0.15) is 57.2 Å². The van der Waals surface area contributed by atoms with E-state index in [2.05, 4.69) is 27.4 Å². The van der Waals surface area contributed by atoms with Crippen LogP contribution in [0.3, 0.4) is 0 Å². The first kappa shape index (κ1) is 24.9. The summed E-state index contributed by atoms with van der Waals surface area (Å²) in [4.78, 5) is 36.1. The standard InChI is InChI=1S/C28H23ClN4O3S/c1-2-36-28(35)23-18-13-12-17(16-8-4-3-5-9-16)14-22(18)37-27(23)33-26(34)19(15-30)24-25(29)32-21-11-7-6-10-20(21)31-24/h3-11,17,19H,2,12-14H2,1H3,(H,33,34)/t17-,19+/m1/s1. The maximum atomic E-state index is 13.4. The van der Waals surface area contributed by atoms with Gasteiger partial charge in [-0.1, -0.05) is 54.1 Å². The second-order valence-electron chi connectivity index (χ2n) is 8.72. The Hall–Kier alpha value is -3.80. The summed E-state index contributed by atoms with van der Waals surface area (Å²) in [5, 5.41) is 13.1. The lowest BCUT2D eigenvalue weighted by Gasteiger charge is -2.23. The molecular weight excluding hydrogens is 508 g/mol. The van der Waals surface area contributed by atoms with E-state index >= 15 is 0 Å². The molecule has 2 heterocycles. The first-order valence-corrected chi connectivity index (χ1v) is 13.2. The normalized spacial score (nSPS) is 15.4. The van der Waals surface area contributed by atoms with Crippen LogP contribution in [0.4, 0.5) is 5.00 Å². The van der Waals surface area contributed by atoms with Crippen LogP contribution in [-0.4, -0.2) is 28.5 Å². The number of halogens is 1. The van der Waals surface area contributed by atoms with Gasteiger partial charge in [0.05, 0.1) is 29.3 Å². The third-order valence-corrected chi connectivity index (χ3v) is 7.92. The molecule has 1 aliphatic carbocycles. The van der Waals surface area contributed by atoms with E-state index in [4.69, 9.17) is 16.3 Å². The number of nitrogens with zero attached hydrogens (tertiary/aromatic N) is 3. The lowest BCUT2D eigenvalue weighted by Crippen LogP contribution is -2.22. The molecule has 5 rings (SSSR count). The number of rotatable bonds is 6. The van der Waals surface area contributed by atoms with E-state index in [1.54, 1.807) is 31.2 Å². The van der Waals surface area contributed by atoms with E-state index in [0.717, 1.165) is 23.3 Å². The number of amides is 1. The van der Waals surface area contributed by atoms with Gasteiger partial charge in [0.25, 0.3) is 0 Å². The topological polar surface area (TPSA) is 105 Å². The molecule has 0 spiro atoms. The van der Waals surface area contributed by atoms with Gasteiger partial charge in [-0.15, -0.1) is 11.3 Å². The van der Waals surface area contributed by atoms with Crippen molar-refractivity contribution in [1.82, 2.24) is 9.97 Å². The maximum absolute atomic E-state index is 13.4. The smallest absolute Gasteiger partial charge is 0.341 e. The number of nitrogens with one attached hydrogen (secondary N) is 1. The summed E-state index contributed by atoms with van der Waals surface area (Å²) in [5.41, 5.74) is 3.69. The summed E-state index contributed by atoms with van der Waals surface area (Å²) >= 11 is 7.69. The fraction of sp³-hybridized carbons (Fsp3) is 0.250. The van der Waals surface area contributed by atoms with E-state index < -0.39 is 17.8 Å². The molecule has 0 radical (unpaired) electrons. The molecule has 7 nitrogen and oxygen atoms in total. The number of carbonyl (C=O) groups is 2. The molecule has 37 heavy (non-hydrogen) atoms. The molecule has 1 N–H and O–H groups in total. The molecule has 9 heteroatoms. The Morgan fingerprint density at radius 3 is 2.57 bits per heavy atom. The van der Waals surface area contributed by atoms with E-state index in [0.29, 0.717) is 33.9 Å². The minimum absolute atomic E-state index is 0.0119. The van der Waals surface area contributed by atoms with Gasteiger partial charge in [-0.25, -0.2) is 14.8 Å². The highest BCUT2D eigenvalue weighted by Gasteiger charge is 2.33. The Kier molecular flexibility index (Phi) is 7.17. The van der Waals surface area contributed by atoms with Gasteiger partial charge in [-0.2, -0.15) is 5.26 Å². The molecule has 0 unspecified atom stereocenters. The average Bonchev–Trinajstić information content (AvgIpc) is 3.27. The molecule has 186 valence electrons. The predicted octanol–water partition coefficient (Wildman–Crippen LogP) is 6.04. The minimum Gasteiger partial charge on any atom is -0.462 e. The van der Waals surface area contributed by atoms with Gasteiger partial charge in [-0.05, 0) is 55.4 Å². The predicted molar refractivity (Wildman–Crippen MR) is 143 cm³/mol. The van der Waals surface area contributed by atoms with Crippen LogP contribution in [0.2, 0.25) is 5.15 Å². The zero-order valence-electron chi connectivity index (χ0n) is 20.0. The molecular formula is C28H23ClN4O3S. The molecule has 2 aromatic carbocycles. The molecule has 1 amide bonds. The van der Waals surface area contributed by atoms with Crippen LogP contribution >= 0.6 is 22.9 Å². The van der Waals surface area contributed by atoms with Crippen molar-refractivity contribution in [2.45, 2.75) is 38.0 Å². The molecule has 2 atom stereocenters. The van der Waals surface area contributed by atoms with Crippen molar-refractivity contribution in [3.63, 3.8) is 0 Å². The van der Waals surface area contributed by atoms with E-state index in [1.165, 1.54) is 16.9 Å². The second kappa shape index (κ2) is 10.7. The number of hydrogen-bond donors (Lipinski definition) is 1. The number of esters is 1. The van der Waals surface area contributed by atoms with Crippen LogP contribution in [0.25, 0.3) is 11.0 Å². The summed E-state index contributed by atoms with van der Waals surface area (Å²) in [6.45, 7) is 1.96. The number of thiophene rings is 1. The van der Waals surface area contributed by atoms with Crippen LogP contribution in [0.15, 0.2) is 54.6 Å². The monoisotopic (exact) mass is 530 g/mol. The highest BCUT2D eigenvalue weighted by atomic mass is 35.5. The van der Waals surface area contributed by atoms with Gasteiger partial charge in [0.2, 0.25) is 5.91 Å². The number of ether oxygens (including phenoxy) is 1. The van der Waals surface area contributed by atoms with Gasteiger partial charge in [0.15, 0.2) is 11.1 Å². The van der Waals surface area contributed by atoms with Crippen molar-refractivity contribution in [1.29, 1.82) is 5.26 Å². The number of fused-ring (bicyclic) bond motifs is 2. The summed E-state index contributed by atoms with van der Waals surface area (Å²) in [7, 11) is 0. The van der Waals surface area contributed by atoms with Gasteiger partial charge in [-0.3, -0.25) is 4.79 Å². The number of benzene rings is 2. The van der Waals surface area contributed by atoms with Crippen LogP contribution < -0.4 is 5.32 Å². The highest BCUT2D eigenvalue weighted by Crippen LogP contribution is 2.43. The van der Waals surface area contributed by atoms with Crippen LogP contribution in [0.5, 0.6) is 0 Å². The fourth-order valence-corrected chi connectivity index (χ4v) is 6.27. The van der Waals surface area contributed by atoms with E-state index in [-0.39, 0.29) is 17.5 Å². The van der Waals surface area contributed by atoms with Crippen LogP contribution in [-0.2, 0) is 22.4 Å². The molecule has 0 saturated heterocycles. The number of para-hydroxylation sites is 2. The van der Waals surface area contributed by atoms with Crippen molar-refractivity contribution in [3.05, 3.63) is 87.0 Å². The molecule has 2 aromatic heterocycles. The second-order valence-corrected chi connectivity index (χ2v) is 10.2. The number of carbonyl (C=O) groups excluding carboxylic acids is 2. The lowest BCUT2D eigenvalue weighted by atomic mass is 9.83. The van der Waals surface area contributed by atoms with Gasteiger partial charge in [0, 0.05) is 4.88 Å². The van der Waals surface area contributed by atoms with Crippen molar-refractivity contribution in [3.8, 4) is 6.07 Å². The van der Waals surface area contributed by atoms with Gasteiger partial charge in [0.1, 0.15) is 10.7 Å². The quantitative estimate of drug-likeness (QED) is 0.305. The molecule has 0 aliphatic heterocycles. The fourth-order valence-electron chi connectivity index (χ4n) is 4.71. The van der Waals surface area contributed by atoms with E-state index in [9.17, 15) is 14.9 Å². The van der Waals surface area contributed by atoms with Crippen molar-refractivity contribution in [2.24, 2.45) is 0 Å². The van der Waals surface area contributed by atoms with Crippen molar-refractivity contribution in [2.75, 3.05) is 11.9 Å². The third kappa shape index (κ3) is 4.93. The van der Waals surface area contributed by atoms with Gasteiger partial charge >= 0.3 is 5.97 Å². The largest absolute Gasteiger partial charge is 0.462 e. The molecule has 0 fully saturated rings. The molecule has 0 bridgehead atoms. The zero-order chi connectivity index (χ0) is 25.9. The number of nitriles is 1. The average molecular weight is 531 g/mol. The summed E-state index contributed by atoms with van der Waals surface area (Å²) in [5.74, 6) is -2.09. The summed E-state index contributed by atoms with van der Waals surface area (Å²) in [6, 6.07) is 19.4. The SMILES string of the molecule is CCOC(=O)c1c(NC(=O)[C@@H](C#N)c2nc3ccccc3nc2Cl)sc2c1CC[C@@H](c1ccccc1)C2.